The average Bonchev–Trinajstić information content (AvgIpc) is 2.68. The van der Waals surface area contributed by atoms with Gasteiger partial charge in [0.1, 0.15) is 11.6 Å². The Morgan fingerprint density at radius 2 is 1.48 bits per heavy atom. The highest BCUT2D eigenvalue weighted by Gasteiger charge is 2.62. The monoisotopic (exact) mass is 371 g/mol. The van der Waals surface area contributed by atoms with Crippen LogP contribution in [-0.4, -0.2) is 29.9 Å². The van der Waals surface area contributed by atoms with Crippen molar-refractivity contribution < 1.29 is 18.4 Å². The maximum absolute atomic E-state index is 13.4. The molecule has 3 amide bonds. The number of benzene rings is 2. The first kappa shape index (κ1) is 17.5. The molecular formula is C20H19F2N3O2. The lowest BCUT2D eigenvalue weighted by molar-refractivity contribution is -0.144. The Labute approximate surface area is 155 Å². The number of primary amides is 1. The summed E-state index contributed by atoms with van der Waals surface area (Å²) >= 11 is 0. The van der Waals surface area contributed by atoms with Gasteiger partial charge in [0.05, 0.1) is 11.5 Å². The van der Waals surface area contributed by atoms with Gasteiger partial charge in [-0.2, -0.15) is 0 Å². The highest BCUT2D eigenvalue weighted by Crippen LogP contribution is 2.57. The summed E-state index contributed by atoms with van der Waals surface area (Å²) in [6, 6.07) is 11.0. The van der Waals surface area contributed by atoms with E-state index in [-0.39, 0.29) is 23.6 Å². The summed E-state index contributed by atoms with van der Waals surface area (Å²) in [5, 5.41) is 0. The van der Waals surface area contributed by atoms with Gasteiger partial charge in [0, 0.05) is 18.8 Å². The average molecular weight is 371 g/mol. The summed E-state index contributed by atoms with van der Waals surface area (Å²) in [6.45, 7) is 0.798. The van der Waals surface area contributed by atoms with E-state index in [4.69, 9.17) is 5.73 Å². The molecule has 1 atom stereocenters. The molecule has 1 unspecified atom stereocenters. The topological polar surface area (TPSA) is 66.6 Å². The van der Waals surface area contributed by atoms with Crippen LogP contribution in [0.3, 0.4) is 0 Å². The molecule has 2 aromatic carbocycles. The fourth-order valence-electron chi connectivity index (χ4n) is 4.25. The van der Waals surface area contributed by atoms with Crippen molar-refractivity contribution in [3.05, 3.63) is 65.7 Å². The van der Waals surface area contributed by atoms with E-state index in [2.05, 4.69) is 0 Å². The van der Waals surface area contributed by atoms with Crippen LogP contribution in [0.15, 0.2) is 48.5 Å². The summed E-state index contributed by atoms with van der Waals surface area (Å²) in [7, 11) is 0. The molecule has 27 heavy (non-hydrogen) atoms. The van der Waals surface area contributed by atoms with Crippen LogP contribution in [0.4, 0.5) is 19.3 Å². The smallest absolute Gasteiger partial charge is 0.314 e. The highest BCUT2D eigenvalue weighted by molar-refractivity contribution is 6.06. The second-order valence-corrected chi connectivity index (χ2v) is 7.09. The van der Waals surface area contributed by atoms with Crippen LogP contribution < -0.4 is 10.6 Å². The maximum atomic E-state index is 13.4. The second-order valence-electron chi connectivity index (χ2n) is 7.09. The molecule has 1 spiro atoms. The highest BCUT2D eigenvalue weighted by atomic mass is 19.1. The van der Waals surface area contributed by atoms with Gasteiger partial charge in [-0.3, -0.25) is 4.79 Å². The molecule has 0 saturated carbocycles. The molecule has 0 radical (unpaired) electrons. The third-order valence-electron chi connectivity index (χ3n) is 5.68. The lowest BCUT2D eigenvalue weighted by atomic mass is 9.62. The molecule has 2 N–H and O–H groups in total. The predicted octanol–water partition coefficient (Wildman–Crippen LogP) is 3.21. The second kappa shape index (κ2) is 6.33. The molecule has 7 heteroatoms. The first-order valence-corrected chi connectivity index (χ1v) is 8.81. The molecule has 0 aliphatic carbocycles. The van der Waals surface area contributed by atoms with Crippen molar-refractivity contribution in [1.29, 1.82) is 0 Å². The van der Waals surface area contributed by atoms with E-state index in [1.165, 1.54) is 29.2 Å². The van der Waals surface area contributed by atoms with Crippen molar-refractivity contribution in [3.8, 4) is 0 Å². The van der Waals surface area contributed by atoms with Crippen molar-refractivity contribution in [2.24, 2.45) is 11.1 Å². The molecule has 2 saturated heterocycles. The largest absolute Gasteiger partial charge is 0.351 e. The van der Waals surface area contributed by atoms with Crippen molar-refractivity contribution in [2.75, 3.05) is 18.0 Å². The Morgan fingerprint density at radius 1 is 0.963 bits per heavy atom. The third-order valence-corrected chi connectivity index (χ3v) is 5.68. The molecule has 2 fully saturated rings. The molecular weight excluding hydrogens is 352 g/mol. The van der Waals surface area contributed by atoms with E-state index in [1.807, 2.05) is 0 Å². The number of piperidine rings is 1. The van der Waals surface area contributed by atoms with Crippen molar-refractivity contribution >= 4 is 17.6 Å². The molecule has 2 aliphatic heterocycles. The molecule has 2 aromatic rings. The van der Waals surface area contributed by atoms with Gasteiger partial charge in [0.15, 0.2) is 0 Å². The summed E-state index contributed by atoms with van der Waals surface area (Å²) in [5.74, 6) is -0.794. The maximum Gasteiger partial charge on any atom is 0.314 e. The zero-order chi connectivity index (χ0) is 19.2. The number of β-lactam (4-membered cyclic amide) rings is 1. The minimum atomic E-state index is -0.668. The molecule has 5 nitrogen and oxygen atoms in total. The summed E-state index contributed by atoms with van der Waals surface area (Å²) in [6.07, 6.45) is 0.961. The minimum absolute atomic E-state index is 0.0625. The molecule has 140 valence electrons. The van der Waals surface area contributed by atoms with Gasteiger partial charge in [-0.1, -0.05) is 12.1 Å². The zero-order valence-electron chi connectivity index (χ0n) is 14.6. The number of anilines is 1. The zero-order valence-corrected chi connectivity index (χ0v) is 14.6. The van der Waals surface area contributed by atoms with E-state index < -0.39 is 11.4 Å². The Hall–Kier alpha value is -2.96. The van der Waals surface area contributed by atoms with E-state index >= 15 is 0 Å². The molecule has 0 bridgehead atoms. The van der Waals surface area contributed by atoms with Crippen molar-refractivity contribution in [1.82, 2.24) is 4.90 Å². The van der Waals surface area contributed by atoms with Gasteiger partial charge in [-0.15, -0.1) is 0 Å². The fourth-order valence-corrected chi connectivity index (χ4v) is 4.25. The first-order valence-electron chi connectivity index (χ1n) is 8.81. The Balaban J connectivity index is 1.71. The number of carbonyl (C=O) groups excluding carboxylic acids is 2. The lowest BCUT2D eigenvalue weighted by Gasteiger charge is -2.58. The van der Waals surface area contributed by atoms with E-state index in [1.54, 1.807) is 29.2 Å². The van der Waals surface area contributed by atoms with Gasteiger partial charge in [-0.25, -0.2) is 13.6 Å². The van der Waals surface area contributed by atoms with Crippen LogP contribution in [0.5, 0.6) is 0 Å². The minimum Gasteiger partial charge on any atom is -0.351 e. The number of amides is 3. The van der Waals surface area contributed by atoms with Crippen LogP contribution in [0.1, 0.15) is 24.4 Å². The Morgan fingerprint density at radius 3 is 2.00 bits per heavy atom. The van der Waals surface area contributed by atoms with Gasteiger partial charge < -0.3 is 15.5 Å². The number of hydrogen-bond acceptors (Lipinski definition) is 2. The van der Waals surface area contributed by atoms with Crippen LogP contribution >= 0.6 is 0 Å². The van der Waals surface area contributed by atoms with E-state index in [0.717, 1.165) is 5.56 Å². The lowest BCUT2D eigenvalue weighted by Crippen LogP contribution is -2.67. The van der Waals surface area contributed by atoms with E-state index in [0.29, 0.717) is 31.6 Å². The van der Waals surface area contributed by atoms with Gasteiger partial charge in [-0.05, 0) is 54.8 Å². The Bertz CT molecular complexity index is 875. The number of nitrogens with zero attached hydrogens (tertiary/aromatic N) is 2. The summed E-state index contributed by atoms with van der Waals surface area (Å²) < 4.78 is 26.7. The molecule has 2 aliphatic rings. The summed E-state index contributed by atoms with van der Waals surface area (Å²) in [4.78, 5) is 27.8. The molecule has 0 aromatic heterocycles. The van der Waals surface area contributed by atoms with Crippen LogP contribution in [-0.2, 0) is 4.79 Å². The SMILES string of the molecule is NC(=O)N1CCC2(CC1)C(=O)N(c1ccc(F)cc1)C2c1ccc(F)cc1. The van der Waals surface area contributed by atoms with Gasteiger partial charge in [0.2, 0.25) is 5.91 Å². The van der Waals surface area contributed by atoms with Gasteiger partial charge in [0.25, 0.3) is 0 Å². The Kier molecular flexibility index (Phi) is 4.09. The standard InChI is InChI=1S/C20H19F2N3O2/c21-14-3-1-13(2-4-14)17-20(9-11-24(12-10-20)19(23)27)18(26)25(17)16-7-5-15(22)6-8-16/h1-8,17H,9-12H2,(H2,23,27). The quantitative estimate of drug-likeness (QED) is 0.824. The number of hydrogen-bond donors (Lipinski definition) is 1. The van der Waals surface area contributed by atoms with Crippen molar-refractivity contribution in [3.63, 3.8) is 0 Å². The third kappa shape index (κ3) is 2.74. The van der Waals surface area contributed by atoms with Crippen LogP contribution in [0.2, 0.25) is 0 Å². The molecule has 4 rings (SSSR count). The number of rotatable bonds is 2. The number of nitrogens with two attached hydrogens (primary N) is 1. The van der Waals surface area contributed by atoms with E-state index in [9.17, 15) is 18.4 Å². The number of urea groups is 1. The predicted molar refractivity (Wildman–Crippen MR) is 95.9 cm³/mol. The first-order chi connectivity index (χ1) is 12.9. The normalized spacial score (nSPS) is 21.3. The fraction of sp³-hybridized carbons (Fsp3) is 0.300. The number of likely N-dealkylation sites (tertiary alicyclic amines) is 1. The van der Waals surface area contributed by atoms with Gasteiger partial charge >= 0.3 is 6.03 Å². The summed E-state index contributed by atoms with van der Waals surface area (Å²) in [5.41, 5.74) is 6.10. The van der Waals surface area contributed by atoms with Crippen LogP contribution in [0.25, 0.3) is 0 Å². The number of carbonyl (C=O) groups is 2. The number of halogens is 2. The molecule has 2 heterocycles. The van der Waals surface area contributed by atoms with Crippen molar-refractivity contribution in [2.45, 2.75) is 18.9 Å². The van der Waals surface area contributed by atoms with Crippen LogP contribution in [0, 0.1) is 17.0 Å².